The molecule has 0 unspecified atom stereocenters. The van der Waals surface area contributed by atoms with Crippen molar-refractivity contribution >= 4 is 17.4 Å². The highest BCUT2D eigenvalue weighted by Crippen LogP contribution is 2.42. The van der Waals surface area contributed by atoms with Crippen molar-refractivity contribution < 1.29 is 4.74 Å². The molecule has 0 amide bonds. The minimum Gasteiger partial charge on any atom is -0.368 e. The molecule has 0 aliphatic carbocycles. The Kier molecular flexibility index (Phi) is 4.33. The summed E-state index contributed by atoms with van der Waals surface area (Å²) in [4.78, 5) is 10.9. The number of piperidine rings is 1. The molecule has 0 atom stereocenters. The van der Waals surface area contributed by atoms with Crippen LogP contribution in [0.1, 0.15) is 29.9 Å². The van der Waals surface area contributed by atoms with E-state index in [1.807, 2.05) is 29.8 Å². The fourth-order valence-corrected chi connectivity index (χ4v) is 4.45. The van der Waals surface area contributed by atoms with Gasteiger partial charge < -0.3 is 9.64 Å². The van der Waals surface area contributed by atoms with Crippen LogP contribution in [0.3, 0.4) is 0 Å². The van der Waals surface area contributed by atoms with E-state index in [9.17, 15) is 0 Å². The highest BCUT2D eigenvalue weighted by Gasteiger charge is 2.43. The van der Waals surface area contributed by atoms with E-state index in [1.54, 1.807) is 6.20 Å². The number of halogens is 1. The quantitative estimate of drug-likeness (QED) is 0.662. The third-order valence-corrected chi connectivity index (χ3v) is 5.98. The summed E-state index contributed by atoms with van der Waals surface area (Å²) in [5.41, 5.74) is 3.14. The van der Waals surface area contributed by atoms with Gasteiger partial charge in [-0.05, 0) is 43.9 Å². The predicted octanol–water partition coefficient (Wildman–Crippen LogP) is 3.69. The predicted molar refractivity (Wildman–Crippen MR) is 108 cm³/mol. The van der Waals surface area contributed by atoms with E-state index in [0.717, 1.165) is 62.0 Å². The highest BCUT2D eigenvalue weighted by molar-refractivity contribution is 6.32. The summed E-state index contributed by atoms with van der Waals surface area (Å²) >= 11 is 6.35. The van der Waals surface area contributed by atoms with E-state index in [2.05, 4.69) is 33.2 Å². The number of aryl methyl sites for hydroxylation is 1. The number of para-hydroxylation sites is 1. The van der Waals surface area contributed by atoms with Gasteiger partial charge in [0.05, 0.1) is 24.2 Å². The molecule has 4 heterocycles. The van der Waals surface area contributed by atoms with Crippen molar-refractivity contribution in [3.63, 3.8) is 0 Å². The number of anilines is 1. The van der Waals surface area contributed by atoms with Gasteiger partial charge in [-0.1, -0.05) is 29.8 Å². The number of hydrogen-bond acceptors (Lipinski definition) is 5. The fraction of sp³-hybridized carbons (Fsp3) is 0.381. The summed E-state index contributed by atoms with van der Waals surface area (Å²) in [6.07, 6.45) is 6.48. The third kappa shape index (κ3) is 2.97. The number of rotatable bonds is 2. The molecule has 1 spiro atoms. The average Bonchev–Trinajstić information content (AvgIpc) is 3.17. The van der Waals surface area contributed by atoms with Crippen molar-refractivity contribution in [3.05, 3.63) is 64.8 Å². The first kappa shape index (κ1) is 17.6. The molecule has 2 aliphatic heterocycles. The van der Waals surface area contributed by atoms with Gasteiger partial charge in [0, 0.05) is 19.3 Å². The molecule has 3 aromatic rings. The summed E-state index contributed by atoms with van der Waals surface area (Å²) in [6.45, 7) is 4.28. The van der Waals surface area contributed by atoms with Crippen molar-refractivity contribution in [1.29, 1.82) is 0 Å². The van der Waals surface area contributed by atoms with E-state index in [-0.39, 0.29) is 5.60 Å². The monoisotopic (exact) mass is 395 g/mol. The number of fused-ring (bicyclic) bond motifs is 2. The topological polar surface area (TPSA) is 56.1 Å². The molecular formula is C21H22ClN5O. The first-order valence-electron chi connectivity index (χ1n) is 9.67. The van der Waals surface area contributed by atoms with Crippen LogP contribution in [0.5, 0.6) is 0 Å². The number of nitrogens with zero attached hydrogens (tertiary/aromatic N) is 5. The van der Waals surface area contributed by atoms with Crippen molar-refractivity contribution in [2.75, 3.05) is 24.6 Å². The Morgan fingerprint density at radius 2 is 1.93 bits per heavy atom. The second-order valence-electron chi connectivity index (χ2n) is 7.45. The Morgan fingerprint density at radius 3 is 2.71 bits per heavy atom. The molecule has 0 bridgehead atoms. The van der Waals surface area contributed by atoms with E-state index < -0.39 is 0 Å². The Bertz CT molecular complexity index is 995. The smallest absolute Gasteiger partial charge is 0.151 e. The van der Waals surface area contributed by atoms with E-state index >= 15 is 0 Å². The summed E-state index contributed by atoms with van der Waals surface area (Å²) in [5.74, 6) is 1.55. The first-order chi connectivity index (χ1) is 13.6. The van der Waals surface area contributed by atoms with Crippen molar-refractivity contribution in [2.24, 2.45) is 0 Å². The second kappa shape index (κ2) is 6.87. The SMILES string of the molecule is Cc1ncc(Cl)c(N2CCC3(CC2)OCCc2cn(-c4ccccc4)nc23)n1. The Morgan fingerprint density at radius 1 is 1.14 bits per heavy atom. The number of ether oxygens (including phenoxy) is 1. The highest BCUT2D eigenvalue weighted by atomic mass is 35.5. The number of hydrogen-bond donors (Lipinski definition) is 0. The van der Waals surface area contributed by atoms with Crippen LogP contribution < -0.4 is 4.90 Å². The summed E-state index contributed by atoms with van der Waals surface area (Å²) < 4.78 is 8.34. The van der Waals surface area contributed by atoms with Gasteiger partial charge in [0.25, 0.3) is 0 Å². The first-order valence-corrected chi connectivity index (χ1v) is 10.0. The molecule has 0 radical (unpaired) electrons. The summed E-state index contributed by atoms with van der Waals surface area (Å²) in [5, 5.41) is 5.55. The molecule has 5 rings (SSSR count). The maximum Gasteiger partial charge on any atom is 0.151 e. The lowest BCUT2D eigenvalue weighted by atomic mass is 9.84. The fourth-order valence-electron chi connectivity index (χ4n) is 4.24. The maximum atomic E-state index is 6.35. The Hall–Kier alpha value is -2.44. The van der Waals surface area contributed by atoms with Crippen LogP contribution in [0.15, 0.2) is 42.7 Å². The zero-order chi connectivity index (χ0) is 19.1. The molecule has 0 N–H and O–H groups in total. The number of aromatic nitrogens is 4. The van der Waals surface area contributed by atoms with Crippen LogP contribution in [0, 0.1) is 6.92 Å². The van der Waals surface area contributed by atoms with Crippen molar-refractivity contribution in [1.82, 2.24) is 19.7 Å². The number of benzene rings is 1. The molecule has 28 heavy (non-hydrogen) atoms. The molecule has 144 valence electrons. The van der Waals surface area contributed by atoms with E-state index in [4.69, 9.17) is 21.4 Å². The van der Waals surface area contributed by atoms with Crippen LogP contribution in [-0.4, -0.2) is 39.4 Å². The van der Waals surface area contributed by atoms with E-state index in [1.165, 1.54) is 5.56 Å². The lowest BCUT2D eigenvalue weighted by Crippen LogP contribution is -2.47. The minimum absolute atomic E-state index is 0.321. The molecule has 2 aromatic heterocycles. The Balaban J connectivity index is 1.43. The van der Waals surface area contributed by atoms with Crippen LogP contribution in [0.2, 0.25) is 5.02 Å². The van der Waals surface area contributed by atoms with Gasteiger partial charge in [0.2, 0.25) is 0 Å². The Labute approximate surface area is 169 Å². The van der Waals surface area contributed by atoms with Crippen LogP contribution in [0.4, 0.5) is 5.82 Å². The van der Waals surface area contributed by atoms with Crippen LogP contribution in [0.25, 0.3) is 5.69 Å². The molecule has 2 aliphatic rings. The molecule has 6 nitrogen and oxygen atoms in total. The third-order valence-electron chi connectivity index (χ3n) is 5.71. The molecule has 1 saturated heterocycles. The lowest BCUT2D eigenvalue weighted by Gasteiger charge is -2.43. The van der Waals surface area contributed by atoms with Gasteiger partial charge in [0.1, 0.15) is 16.4 Å². The van der Waals surface area contributed by atoms with Gasteiger partial charge in [0.15, 0.2) is 5.82 Å². The standard InChI is InChI=1S/C21H22ClN5O/c1-15-23-13-18(22)20(24-15)26-10-8-21(9-11-26)19-16(7-12-28-21)14-27(25-19)17-5-3-2-4-6-17/h2-6,13-14H,7-12H2,1H3. The summed E-state index contributed by atoms with van der Waals surface area (Å²) in [7, 11) is 0. The molecule has 7 heteroatoms. The van der Waals surface area contributed by atoms with Gasteiger partial charge >= 0.3 is 0 Å². The second-order valence-corrected chi connectivity index (χ2v) is 7.86. The summed E-state index contributed by atoms with van der Waals surface area (Å²) in [6, 6.07) is 10.2. The lowest BCUT2D eigenvalue weighted by molar-refractivity contribution is -0.0797. The van der Waals surface area contributed by atoms with Gasteiger partial charge in [-0.2, -0.15) is 5.10 Å². The van der Waals surface area contributed by atoms with Crippen LogP contribution in [-0.2, 0) is 16.8 Å². The van der Waals surface area contributed by atoms with E-state index in [0.29, 0.717) is 5.02 Å². The minimum atomic E-state index is -0.321. The maximum absolute atomic E-state index is 6.35. The molecule has 0 saturated carbocycles. The van der Waals surface area contributed by atoms with Gasteiger partial charge in [-0.15, -0.1) is 0 Å². The normalized spacial score (nSPS) is 18.3. The van der Waals surface area contributed by atoms with Crippen molar-refractivity contribution in [3.8, 4) is 5.69 Å². The zero-order valence-electron chi connectivity index (χ0n) is 15.8. The molecule has 1 aromatic carbocycles. The van der Waals surface area contributed by atoms with Crippen LogP contribution >= 0.6 is 11.6 Å². The van der Waals surface area contributed by atoms with Crippen molar-refractivity contribution in [2.45, 2.75) is 31.8 Å². The average molecular weight is 396 g/mol. The zero-order valence-corrected chi connectivity index (χ0v) is 16.6. The van der Waals surface area contributed by atoms with Gasteiger partial charge in [-0.3, -0.25) is 0 Å². The molecule has 1 fully saturated rings. The van der Waals surface area contributed by atoms with Gasteiger partial charge in [-0.25, -0.2) is 14.6 Å². The molecular weight excluding hydrogens is 374 g/mol. The largest absolute Gasteiger partial charge is 0.368 e.